The van der Waals surface area contributed by atoms with E-state index in [9.17, 15) is 4.79 Å². The molecule has 7 nitrogen and oxygen atoms in total. The van der Waals surface area contributed by atoms with Crippen molar-refractivity contribution >= 4 is 5.91 Å². The van der Waals surface area contributed by atoms with Crippen molar-refractivity contribution in [3.05, 3.63) is 65.3 Å². The third kappa shape index (κ3) is 3.08. The zero-order valence-electron chi connectivity index (χ0n) is 12.7. The Morgan fingerprint density at radius 2 is 1.78 bits per heavy atom. The van der Waals surface area contributed by atoms with Gasteiger partial charge in [0.15, 0.2) is 0 Å². The first-order valence-corrected chi connectivity index (χ1v) is 7.14. The molecule has 118 valence electrons. The highest BCUT2D eigenvalue weighted by molar-refractivity contribution is 5.95. The van der Waals surface area contributed by atoms with Crippen LogP contribution >= 0.6 is 0 Å². The summed E-state index contributed by atoms with van der Waals surface area (Å²) in [4.78, 5) is 26.3. The number of ether oxygens (including phenoxy) is 1. The van der Waals surface area contributed by atoms with Crippen molar-refractivity contribution in [3.8, 4) is 5.75 Å². The van der Waals surface area contributed by atoms with Crippen LogP contribution in [0.15, 0.2) is 36.9 Å². The lowest BCUT2D eigenvalue weighted by Gasteiger charge is -2.15. The average molecular weight is 311 g/mol. The third-order valence-corrected chi connectivity index (χ3v) is 3.62. The minimum atomic E-state index is -0.491. The van der Waals surface area contributed by atoms with Gasteiger partial charge < -0.3 is 20.4 Å². The van der Waals surface area contributed by atoms with E-state index in [4.69, 9.17) is 10.5 Å². The monoisotopic (exact) mass is 311 g/mol. The molecule has 3 rings (SSSR count). The van der Waals surface area contributed by atoms with Crippen LogP contribution < -0.4 is 10.5 Å². The number of imidazole rings is 2. The molecule has 0 spiro atoms. The molecule has 0 fully saturated rings. The number of hydrogen-bond donors (Lipinski definition) is 3. The Labute approximate surface area is 132 Å². The van der Waals surface area contributed by atoms with Crippen LogP contribution in [0.4, 0.5) is 0 Å². The summed E-state index contributed by atoms with van der Waals surface area (Å²) < 4.78 is 5.57. The average Bonchev–Trinajstić information content (AvgIpc) is 3.21. The maximum absolute atomic E-state index is 11.8. The number of methoxy groups -OCH3 is 1. The minimum absolute atomic E-state index is 0.431. The van der Waals surface area contributed by atoms with Crippen molar-refractivity contribution < 1.29 is 9.53 Å². The van der Waals surface area contributed by atoms with Crippen molar-refractivity contribution in [2.75, 3.05) is 7.11 Å². The Hall–Kier alpha value is -3.09. The van der Waals surface area contributed by atoms with Crippen LogP contribution in [-0.2, 0) is 12.8 Å². The molecule has 2 aromatic heterocycles. The predicted octanol–water partition coefficient (Wildman–Crippen LogP) is 1.42. The van der Waals surface area contributed by atoms with E-state index < -0.39 is 5.91 Å². The first-order chi connectivity index (χ1) is 11.2. The molecule has 0 saturated heterocycles. The summed E-state index contributed by atoms with van der Waals surface area (Å²) in [5.74, 6) is 1.70. The van der Waals surface area contributed by atoms with Crippen LogP contribution in [0.25, 0.3) is 0 Å². The Balaban J connectivity index is 2.06. The first-order valence-electron chi connectivity index (χ1n) is 7.14. The number of nitrogens with one attached hydrogen (secondary N) is 2. The van der Waals surface area contributed by atoms with E-state index in [-0.39, 0.29) is 0 Å². The summed E-state index contributed by atoms with van der Waals surface area (Å²) in [5, 5.41) is 0. The number of aromatic amines is 2. The van der Waals surface area contributed by atoms with Gasteiger partial charge in [-0.2, -0.15) is 0 Å². The number of benzene rings is 1. The lowest BCUT2D eigenvalue weighted by Crippen LogP contribution is -2.16. The standard InChI is InChI=1S/C16H17N5O2/c1-23-15-10(8-13-18-4-5-19-13)2-3-11(16(17)22)12(15)9-14-20-6-7-21-14/h2-7H,8-9H2,1H3,(H2,17,22)(H,18,19)(H,20,21). The molecular formula is C16H17N5O2. The highest BCUT2D eigenvalue weighted by atomic mass is 16.5. The number of nitrogens with zero attached hydrogens (tertiary/aromatic N) is 2. The van der Waals surface area contributed by atoms with Crippen LogP contribution in [0.3, 0.4) is 0 Å². The second-order valence-corrected chi connectivity index (χ2v) is 5.07. The number of hydrogen-bond acceptors (Lipinski definition) is 4. The summed E-state index contributed by atoms with van der Waals surface area (Å²) in [7, 11) is 1.58. The highest BCUT2D eigenvalue weighted by Crippen LogP contribution is 2.30. The summed E-state index contributed by atoms with van der Waals surface area (Å²) in [6, 6.07) is 3.56. The number of aromatic nitrogens is 4. The summed E-state index contributed by atoms with van der Waals surface area (Å²) in [6.07, 6.45) is 7.87. The van der Waals surface area contributed by atoms with E-state index in [0.29, 0.717) is 24.2 Å². The second kappa shape index (κ2) is 6.35. The zero-order chi connectivity index (χ0) is 16.2. The van der Waals surface area contributed by atoms with Gasteiger partial charge >= 0.3 is 0 Å². The zero-order valence-corrected chi connectivity index (χ0v) is 12.7. The van der Waals surface area contributed by atoms with Crippen LogP contribution in [0, 0.1) is 0 Å². The number of carbonyl (C=O) groups is 1. The molecular weight excluding hydrogens is 294 g/mol. The van der Waals surface area contributed by atoms with Gasteiger partial charge in [0.1, 0.15) is 17.4 Å². The SMILES string of the molecule is COc1c(Cc2ncc[nH]2)ccc(C(N)=O)c1Cc1ncc[nH]1. The van der Waals surface area contributed by atoms with Gasteiger partial charge in [-0.1, -0.05) is 6.07 Å². The minimum Gasteiger partial charge on any atom is -0.496 e. The van der Waals surface area contributed by atoms with E-state index >= 15 is 0 Å². The lowest BCUT2D eigenvalue weighted by molar-refractivity contribution is 0.0999. The van der Waals surface area contributed by atoms with Gasteiger partial charge in [-0.05, 0) is 6.07 Å². The highest BCUT2D eigenvalue weighted by Gasteiger charge is 2.19. The molecule has 4 N–H and O–H groups in total. The number of rotatable bonds is 6. The predicted molar refractivity (Wildman–Crippen MR) is 84.3 cm³/mol. The quantitative estimate of drug-likeness (QED) is 0.639. The number of primary amides is 1. The first kappa shape index (κ1) is 14.8. The normalized spacial score (nSPS) is 10.7. The molecule has 0 atom stereocenters. The van der Waals surface area contributed by atoms with Gasteiger partial charge in [0.05, 0.1) is 7.11 Å². The molecule has 1 aromatic carbocycles. The van der Waals surface area contributed by atoms with Gasteiger partial charge in [0.2, 0.25) is 5.91 Å². The fraction of sp³-hybridized carbons (Fsp3) is 0.188. The van der Waals surface area contributed by atoms with Crippen molar-refractivity contribution in [2.24, 2.45) is 5.73 Å². The van der Waals surface area contributed by atoms with Gasteiger partial charge in [0.25, 0.3) is 0 Å². The number of nitrogens with two attached hydrogens (primary N) is 1. The molecule has 2 heterocycles. The molecule has 0 aliphatic heterocycles. The molecule has 0 bridgehead atoms. The van der Waals surface area contributed by atoms with E-state index in [2.05, 4.69) is 19.9 Å². The molecule has 0 radical (unpaired) electrons. The molecule has 0 aliphatic carbocycles. The summed E-state index contributed by atoms with van der Waals surface area (Å²) in [5.41, 5.74) is 7.59. The second-order valence-electron chi connectivity index (χ2n) is 5.07. The smallest absolute Gasteiger partial charge is 0.249 e. The van der Waals surface area contributed by atoms with E-state index in [1.54, 1.807) is 38.0 Å². The van der Waals surface area contributed by atoms with Gasteiger partial charge in [-0.3, -0.25) is 4.79 Å². The Bertz CT molecular complexity index is 794. The van der Waals surface area contributed by atoms with Crippen molar-refractivity contribution in [1.29, 1.82) is 0 Å². The molecule has 0 aliphatic rings. The fourth-order valence-corrected chi connectivity index (χ4v) is 2.61. The van der Waals surface area contributed by atoms with Crippen LogP contribution in [0.2, 0.25) is 0 Å². The van der Waals surface area contributed by atoms with Gasteiger partial charge in [-0.15, -0.1) is 0 Å². The Morgan fingerprint density at radius 1 is 1.13 bits per heavy atom. The van der Waals surface area contributed by atoms with Gasteiger partial charge in [-0.25, -0.2) is 9.97 Å². The van der Waals surface area contributed by atoms with E-state index in [0.717, 1.165) is 22.8 Å². The Morgan fingerprint density at radius 3 is 2.30 bits per heavy atom. The Kier molecular flexibility index (Phi) is 4.09. The molecule has 0 saturated carbocycles. The summed E-state index contributed by atoms with van der Waals surface area (Å²) >= 11 is 0. The fourth-order valence-electron chi connectivity index (χ4n) is 2.61. The largest absolute Gasteiger partial charge is 0.496 e. The lowest BCUT2D eigenvalue weighted by atomic mass is 9.97. The maximum Gasteiger partial charge on any atom is 0.249 e. The van der Waals surface area contributed by atoms with Gasteiger partial charge in [0, 0.05) is 54.3 Å². The van der Waals surface area contributed by atoms with Crippen LogP contribution in [-0.4, -0.2) is 33.0 Å². The van der Waals surface area contributed by atoms with Crippen molar-refractivity contribution in [3.63, 3.8) is 0 Å². The number of amides is 1. The van der Waals surface area contributed by atoms with Crippen LogP contribution in [0.1, 0.15) is 33.1 Å². The molecule has 0 unspecified atom stereocenters. The van der Waals surface area contributed by atoms with Crippen molar-refractivity contribution in [2.45, 2.75) is 12.8 Å². The number of H-pyrrole nitrogens is 2. The molecule has 23 heavy (non-hydrogen) atoms. The maximum atomic E-state index is 11.8. The topological polar surface area (TPSA) is 110 Å². The van der Waals surface area contributed by atoms with E-state index in [1.165, 1.54) is 0 Å². The molecule has 1 amide bonds. The van der Waals surface area contributed by atoms with E-state index in [1.807, 2.05) is 6.07 Å². The summed E-state index contributed by atoms with van der Waals surface area (Å²) in [6.45, 7) is 0. The number of carbonyl (C=O) groups excluding carboxylic acids is 1. The third-order valence-electron chi connectivity index (χ3n) is 3.62. The molecule has 7 heteroatoms. The van der Waals surface area contributed by atoms with Crippen LogP contribution in [0.5, 0.6) is 5.75 Å². The molecule has 3 aromatic rings. The van der Waals surface area contributed by atoms with Crippen molar-refractivity contribution in [1.82, 2.24) is 19.9 Å².